The number of benzene rings is 3. The number of amides is 1. The molecule has 1 amide bonds. The van der Waals surface area contributed by atoms with Crippen LogP contribution in [0, 0.1) is 60.8 Å². The first-order chi connectivity index (χ1) is 30.5. The van der Waals surface area contributed by atoms with Gasteiger partial charge in [-0.05, 0) is 67.2 Å². The van der Waals surface area contributed by atoms with Gasteiger partial charge in [0.1, 0.15) is 23.4 Å². The van der Waals surface area contributed by atoms with Crippen molar-refractivity contribution in [2.75, 3.05) is 6.61 Å². The van der Waals surface area contributed by atoms with E-state index >= 15 is 4.79 Å². The molecule has 4 N–H and O–H groups in total. The van der Waals surface area contributed by atoms with Gasteiger partial charge in [-0.3, -0.25) is 14.4 Å². The van der Waals surface area contributed by atoms with Gasteiger partial charge >= 0.3 is 17.9 Å². The molecule has 2 saturated carbocycles. The van der Waals surface area contributed by atoms with Gasteiger partial charge in [-0.15, -0.1) is 0 Å². The van der Waals surface area contributed by atoms with Crippen LogP contribution in [0.1, 0.15) is 125 Å². The Hall–Kier alpha value is -3.77. The van der Waals surface area contributed by atoms with Gasteiger partial charge in [-0.2, -0.15) is 0 Å². The van der Waals surface area contributed by atoms with Crippen LogP contribution in [0.3, 0.4) is 0 Å². The van der Waals surface area contributed by atoms with E-state index in [-0.39, 0.29) is 81.1 Å². The van der Waals surface area contributed by atoms with E-state index in [1.54, 1.807) is 119 Å². The van der Waals surface area contributed by atoms with Crippen molar-refractivity contribution in [2.24, 2.45) is 16.7 Å². The zero-order valence-corrected chi connectivity index (χ0v) is 42.6. The number of Topliss-reactive ketones (excluding diaryl/α,β-unsaturated/α-hetero) is 1. The summed E-state index contributed by atoms with van der Waals surface area (Å²) in [5.74, 6) is -5.01. The maximum atomic E-state index is 15.6. The fourth-order valence-electron chi connectivity index (χ4n) is 10.7. The molecule has 13 nitrogen and oxygen atoms in total. The number of ether oxygens (including phenoxy) is 4. The van der Waals surface area contributed by atoms with E-state index in [0.717, 1.165) is 25.7 Å². The fourth-order valence-corrected chi connectivity index (χ4v) is 10.7. The Balaban J connectivity index is 0.00000700. The first-order valence-corrected chi connectivity index (χ1v) is 22.5. The van der Waals surface area contributed by atoms with Crippen LogP contribution in [0.25, 0.3) is 0 Å². The average molecular weight is 1110 g/mol. The predicted octanol–water partition coefficient (Wildman–Crippen LogP) is 6.53. The number of ketones is 1. The molecule has 0 aromatic heterocycles. The van der Waals surface area contributed by atoms with E-state index in [0.29, 0.717) is 23.1 Å². The van der Waals surface area contributed by atoms with Gasteiger partial charge in [0.25, 0.3) is 5.91 Å². The number of fused-ring (bicyclic) bond motifs is 5. The van der Waals surface area contributed by atoms with Crippen molar-refractivity contribution >= 4 is 29.6 Å². The Morgan fingerprint density at radius 2 is 1.43 bits per heavy atom. The second-order valence-electron chi connectivity index (χ2n) is 18.8. The van der Waals surface area contributed by atoms with E-state index in [1.165, 1.54) is 0 Å². The Kier molecular flexibility index (Phi) is 16.1. The molecular formula is C51H61AcNO12. The van der Waals surface area contributed by atoms with Crippen LogP contribution in [-0.4, -0.2) is 93.2 Å². The quantitative estimate of drug-likeness (QED) is 0.0557. The number of aliphatic hydroxyl groups is 3. The number of carbonyl (C=O) groups is 5. The molecule has 0 spiro atoms. The molecule has 2 bridgehead atoms. The normalized spacial score (nSPS) is 29.7. The van der Waals surface area contributed by atoms with E-state index in [4.69, 9.17) is 18.9 Å². The Bertz CT molecular complexity index is 2240. The van der Waals surface area contributed by atoms with Crippen LogP contribution in [0.5, 0.6) is 0 Å². The van der Waals surface area contributed by atoms with E-state index in [1.807, 2.05) is 0 Å². The summed E-state index contributed by atoms with van der Waals surface area (Å²) in [5.41, 5.74) is -5.76. The largest absolute Gasteiger partial charge is 0.456 e. The summed E-state index contributed by atoms with van der Waals surface area (Å²) in [6, 6.07) is 23.6. The third-order valence-electron chi connectivity index (χ3n) is 14.5. The monoisotopic (exact) mass is 1110 g/mol. The number of hydrogen-bond donors (Lipinski definition) is 4. The van der Waals surface area contributed by atoms with Crippen molar-refractivity contribution in [3.8, 4) is 0 Å². The molecule has 3 aliphatic carbocycles. The average Bonchev–Trinajstić information content (AvgIpc) is 3.28. The molecule has 3 aromatic carbocycles. The van der Waals surface area contributed by atoms with Crippen LogP contribution in [0.2, 0.25) is 0 Å². The minimum Gasteiger partial charge on any atom is -0.456 e. The van der Waals surface area contributed by atoms with Crippen LogP contribution in [-0.2, 0) is 33.3 Å². The smallest absolute Gasteiger partial charge is 0.338 e. The predicted molar refractivity (Wildman–Crippen MR) is 234 cm³/mol. The van der Waals surface area contributed by atoms with Gasteiger partial charge in [0.05, 0.1) is 24.3 Å². The van der Waals surface area contributed by atoms with Gasteiger partial charge in [0, 0.05) is 79.2 Å². The third-order valence-corrected chi connectivity index (χ3v) is 14.5. The van der Waals surface area contributed by atoms with Gasteiger partial charge in [-0.1, -0.05) is 120 Å². The number of carbonyl (C=O) groups excluding carboxylic acids is 5. The molecule has 7 rings (SSSR count). The number of rotatable bonds is 15. The zero-order valence-electron chi connectivity index (χ0n) is 37.9. The minimum absolute atomic E-state index is 0. The summed E-state index contributed by atoms with van der Waals surface area (Å²) in [6.45, 7) is 8.49. The number of unbranched alkanes of at least 4 members (excludes halogenated alkanes) is 4. The molecule has 1 radical (unpaired) electrons. The van der Waals surface area contributed by atoms with Gasteiger partial charge in [-0.25, -0.2) is 9.59 Å². The first kappa shape index (κ1) is 50.6. The molecule has 1 saturated heterocycles. The van der Waals surface area contributed by atoms with Crippen molar-refractivity contribution in [1.82, 2.24) is 5.32 Å². The molecule has 10 atom stereocenters. The standard InChI is InChI=1S/C51H61NO12.Ac/c1-6-7-8-9-19-26-37(53)63-41-38-31(2)35(62-47(58)40(54)39(32-20-13-10-14-21-32)52-45(56)33-22-15-11-16-23-33)29-51(60,48(38,3)4)44(64-46(57)34-24-17-12-18-25-34)42-49(5,43(41)55)28-27-36-50(42,59)30-61-36;/h10-18,20-25,35-36,39-42,44,54,59-60H,6-9,19,26-30H2,1-5H3,(H,52,56);/t35?,36?,39?,40?,41?,42?,44-,49+,50?,51?;/m0./s1. The molecule has 14 heteroatoms. The molecule has 345 valence electrons. The molecular weight excluding hydrogens is 1050 g/mol. The number of hydrogen-bond acceptors (Lipinski definition) is 12. The van der Waals surface area contributed by atoms with Crippen molar-refractivity contribution < 1.29 is 102 Å². The summed E-state index contributed by atoms with van der Waals surface area (Å²) in [5, 5.41) is 40.9. The second kappa shape index (κ2) is 20.6. The molecule has 4 aliphatic rings. The van der Waals surface area contributed by atoms with Crippen LogP contribution < -0.4 is 5.32 Å². The Morgan fingerprint density at radius 1 is 0.831 bits per heavy atom. The third kappa shape index (κ3) is 9.68. The summed E-state index contributed by atoms with van der Waals surface area (Å²) >= 11 is 0. The number of aliphatic hydroxyl groups excluding tert-OH is 1. The number of nitrogens with one attached hydrogen (secondary N) is 1. The van der Waals surface area contributed by atoms with Gasteiger partial charge in [0.15, 0.2) is 18.0 Å². The minimum atomic E-state index is -2.23. The molecule has 1 aliphatic heterocycles. The summed E-state index contributed by atoms with van der Waals surface area (Å²) < 4.78 is 24.7. The zero-order chi connectivity index (χ0) is 46.0. The summed E-state index contributed by atoms with van der Waals surface area (Å²) in [4.78, 5) is 71.6. The van der Waals surface area contributed by atoms with Crippen molar-refractivity contribution in [3.05, 3.63) is 119 Å². The summed E-state index contributed by atoms with van der Waals surface area (Å²) in [7, 11) is 0. The van der Waals surface area contributed by atoms with Crippen molar-refractivity contribution in [1.29, 1.82) is 0 Å². The molecule has 8 unspecified atom stereocenters. The topological polar surface area (TPSA) is 195 Å². The van der Waals surface area contributed by atoms with E-state index in [9.17, 15) is 34.5 Å². The van der Waals surface area contributed by atoms with E-state index < -0.39 is 101 Å². The molecule has 3 aromatic rings. The Labute approximate surface area is 416 Å². The van der Waals surface area contributed by atoms with Crippen molar-refractivity contribution in [3.63, 3.8) is 0 Å². The molecule has 65 heavy (non-hydrogen) atoms. The Morgan fingerprint density at radius 3 is 2.03 bits per heavy atom. The van der Waals surface area contributed by atoms with Crippen LogP contribution in [0.15, 0.2) is 102 Å². The maximum absolute atomic E-state index is 15.6. The summed E-state index contributed by atoms with van der Waals surface area (Å²) in [6.07, 6.45) is -3.04. The maximum Gasteiger partial charge on any atom is 0.338 e. The van der Waals surface area contributed by atoms with Gasteiger partial charge in [0.2, 0.25) is 0 Å². The van der Waals surface area contributed by atoms with E-state index in [2.05, 4.69) is 12.2 Å². The van der Waals surface area contributed by atoms with Crippen LogP contribution >= 0.6 is 0 Å². The number of esters is 3. The van der Waals surface area contributed by atoms with Gasteiger partial charge < -0.3 is 39.6 Å². The van der Waals surface area contributed by atoms with Crippen molar-refractivity contribution in [2.45, 2.75) is 140 Å². The van der Waals surface area contributed by atoms with Crippen LogP contribution in [0.4, 0.5) is 0 Å². The fraction of sp³-hybridized carbons (Fsp3) is 0.510. The SMILES string of the molecule is CCCCCCCC(=O)OC1C(=O)[C@]2(C)CCC3OCC3(O)C2[C@H](OC(=O)c2ccccc2)C2(O)CC(OC(=O)C(O)C(NC(=O)c3ccccc3)c3ccccc3)C(C)=C1C2(C)C.[Ac]. The molecule has 3 fully saturated rings. The first-order valence-electron chi connectivity index (χ1n) is 22.5. The second-order valence-corrected chi connectivity index (χ2v) is 18.8. The molecule has 1 heterocycles.